The molecule has 0 aliphatic heterocycles. The topological polar surface area (TPSA) is 70.6 Å². The van der Waals surface area contributed by atoms with Crippen molar-refractivity contribution in [2.45, 2.75) is 45.4 Å². The van der Waals surface area contributed by atoms with Crippen LogP contribution in [0.3, 0.4) is 0 Å². The first-order valence-electron chi connectivity index (χ1n) is 11.7. The maximum absolute atomic E-state index is 13.9. The summed E-state index contributed by atoms with van der Waals surface area (Å²) in [6.45, 7) is 8.33. The Labute approximate surface area is 205 Å². The van der Waals surface area contributed by atoms with Gasteiger partial charge in [-0.05, 0) is 65.6 Å². The second kappa shape index (κ2) is 9.82. The van der Waals surface area contributed by atoms with Crippen LogP contribution in [0.25, 0.3) is 0 Å². The van der Waals surface area contributed by atoms with E-state index < -0.39 is 11.7 Å². The predicted octanol–water partition coefficient (Wildman–Crippen LogP) is 6.02. The van der Waals surface area contributed by atoms with Gasteiger partial charge < -0.3 is 5.32 Å². The number of hydrogen-bond acceptors (Lipinski definition) is 3. The summed E-state index contributed by atoms with van der Waals surface area (Å²) in [7, 11) is 0. The molecule has 3 aromatic rings. The molecule has 4 rings (SSSR count). The van der Waals surface area contributed by atoms with Gasteiger partial charge in [-0.25, -0.2) is 9.82 Å². The lowest BCUT2D eigenvalue weighted by molar-refractivity contribution is -0.122. The minimum absolute atomic E-state index is 0.0254. The van der Waals surface area contributed by atoms with E-state index >= 15 is 0 Å². The van der Waals surface area contributed by atoms with E-state index in [0.717, 1.165) is 12.0 Å². The zero-order valence-electron chi connectivity index (χ0n) is 20.4. The molecule has 0 heterocycles. The van der Waals surface area contributed by atoms with E-state index in [4.69, 9.17) is 0 Å². The van der Waals surface area contributed by atoms with Crippen molar-refractivity contribution in [2.75, 3.05) is 5.32 Å². The van der Waals surface area contributed by atoms with Gasteiger partial charge in [-0.2, -0.15) is 5.10 Å². The van der Waals surface area contributed by atoms with Crippen LogP contribution < -0.4 is 10.7 Å². The summed E-state index contributed by atoms with van der Waals surface area (Å²) >= 11 is 0. The fourth-order valence-corrected chi connectivity index (χ4v) is 4.04. The van der Waals surface area contributed by atoms with Crippen LogP contribution in [0.1, 0.15) is 67.1 Å². The Morgan fingerprint density at radius 1 is 0.971 bits per heavy atom. The summed E-state index contributed by atoms with van der Waals surface area (Å²) < 4.78 is 13.9. The molecular weight excluding hydrogens is 441 g/mol. The van der Waals surface area contributed by atoms with Crippen LogP contribution in [0.5, 0.6) is 0 Å². The van der Waals surface area contributed by atoms with Crippen molar-refractivity contribution in [3.63, 3.8) is 0 Å². The maximum Gasteiger partial charge on any atom is 0.258 e. The van der Waals surface area contributed by atoms with E-state index in [9.17, 15) is 14.0 Å². The fourth-order valence-electron chi connectivity index (χ4n) is 4.04. The lowest BCUT2D eigenvalue weighted by Gasteiger charge is -2.19. The Morgan fingerprint density at radius 3 is 2.37 bits per heavy atom. The molecule has 1 fully saturated rings. The minimum atomic E-state index is -0.579. The van der Waals surface area contributed by atoms with E-state index in [-0.39, 0.29) is 28.7 Å². The molecule has 2 amide bonds. The van der Waals surface area contributed by atoms with E-state index in [1.807, 2.05) is 6.07 Å². The minimum Gasteiger partial charge on any atom is -0.322 e. The van der Waals surface area contributed by atoms with Crippen molar-refractivity contribution < 1.29 is 14.0 Å². The van der Waals surface area contributed by atoms with Gasteiger partial charge in [0.1, 0.15) is 5.82 Å². The molecule has 1 saturated carbocycles. The number of hydrogen-bond donors (Lipinski definition) is 2. The summed E-state index contributed by atoms with van der Waals surface area (Å²) in [6, 6.07) is 21.4. The molecule has 0 saturated heterocycles. The molecule has 3 aromatic carbocycles. The highest BCUT2D eigenvalue weighted by Crippen LogP contribution is 2.47. The number of rotatable bonds is 6. The van der Waals surface area contributed by atoms with Crippen LogP contribution in [-0.4, -0.2) is 17.5 Å². The summed E-state index contributed by atoms with van der Waals surface area (Å²) in [5.41, 5.74) is 7.06. The van der Waals surface area contributed by atoms with E-state index in [0.29, 0.717) is 11.4 Å². The molecule has 1 aliphatic rings. The Kier molecular flexibility index (Phi) is 6.83. The highest BCUT2D eigenvalue weighted by molar-refractivity contribution is 6.06. The van der Waals surface area contributed by atoms with Gasteiger partial charge in [0.15, 0.2) is 0 Å². The molecule has 5 nitrogen and oxygen atoms in total. The molecule has 35 heavy (non-hydrogen) atoms. The molecule has 0 radical (unpaired) electrons. The van der Waals surface area contributed by atoms with Crippen molar-refractivity contribution in [3.8, 4) is 0 Å². The molecular formula is C29H30FN3O2. The molecule has 0 aromatic heterocycles. The summed E-state index contributed by atoms with van der Waals surface area (Å²) in [4.78, 5) is 25.0. The molecule has 0 spiro atoms. The third-order valence-electron chi connectivity index (χ3n) is 6.32. The monoisotopic (exact) mass is 471 g/mol. The zero-order valence-corrected chi connectivity index (χ0v) is 20.4. The molecule has 180 valence electrons. The molecule has 0 bridgehead atoms. The summed E-state index contributed by atoms with van der Waals surface area (Å²) in [6.07, 6.45) is 0.812. The van der Waals surface area contributed by atoms with Gasteiger partial charge in [0.25, 0.3) is 5.91 Å². The number of nitrogens with zero attached hydrogens (tertiary/aromatic N) is 1. The van der Waals surface area contributed by atoms with Crippen molar-refractivity contribution in [1.82, 2.24) is 5.43 Å². The third kappa shape index (κ3) is 5.83. The third-order valence-corrected chi connectivity index (χ3v) is 6.32. The number of benzene rings is 3. The molecule has 1 aliphatic carbocycles. The van der Waals surface area contributed by atoms with Crippen LogP contribution in [0.15, 0.2) is 77.9 Å². The summed E-state index contributed by atoms with van der Waals surface area (Å²) in [5, 5.41) is 6.97. The van der Waals surface area contributed by atoms with Crippen molar-refractivity contribution in [2.24, 2.45) is 11.0 Å². The number of halogens is 1. The van der Waals surface area contributed by atoms with Gasteiger partial charge in [-0.1, -0.05) is 69.3 Å². The zero-order chi connectivity index (χ0) is 25.2. The van der Waals surface area contributed by atoms with Gasteiger partial charge in [-0.15, -0.1) is 0 Å². The number of nitrogens with one attached hydrogen (secondary N) is 2. The predicted molar refractivity (Wildman–Crippen MR) is 137 cm³/mol. The molecule has 2 atom stereocenters. The van der Waals surface area contributed by atoms with Crippen molar-refractivity contribution in [1.29, 1.82) is 0 Å². The van der Waals surface area contributed by atoms with Crippen LogP contribution in [0.2, 0.25) is 0 Å². The second-order valence-corrected chi connectivity index (χ2v) is 10.0. The average molecular weight is 472 g/mol. The maximum atomic E-state index is 13.9. The van der Waals surface area contributed by atoms with E-state index in [2.05, 4.69) is 60.9 Å². The highest BCUT2D eigenvalue weighted by Gasteiger charge is 2.44. The highest BCUT2D eigenvalue weighted by atomic mass is 19.1. The quantitative estimate of drug-likeness (QED) is 0.341. The first kappa shape index (κ1) is 24.3. The van der Waals surface area contributed by atoms with Gasteiger partial charge in [0.05, 0.1) is 11.3 Å². The van der Waals surface area contributed by atoms with E-state index in [1.54, 1.807) is 31.2 Å². The van der Waals surface area contributed by atoms with Gasteiger partial charge in [0, 0.05) is 11.6 Å². The molecule has 2 unspecified atom stereocenters. The molecule has 6 heteroatoms. The normalized spacial score (nSPS) is 17.6. The number of anilines is 1. The van der Waals surface area contributed by atoms with Crippen molar-refractivity contribution in [3.05, 3.63) is 101 Å². The van der Waals surface area contributed by atoms with Gasteiger partial charge in [0.2, 0.25) is 5.91 Å². The standard InChI is InChI=1S/C29H30FN3O2/c1-18(20-8-7-9-22(16-20)31-27(34)23-10-5-6-11-26(23)30)32-33-28(35)25-17-24(25)19-12-14-21(15-13-19)29(2,3)4/h5-16,24-25H,17H2,1-4H3,(H,31,34)(H,33,35). The Morgan fingerprint density at radius 2 is 1.69 bits per heavy atom. The van der Waals surface area contributed by atoms with Crippen LogP contribution in [0.4, 0.5) is 10.1 Å². The van der Waals surface area contributed by atoms with Gasteiger partial charge >= 0.3 is 0 Å². The van der Waals surface area contributed by atoms with Crippen LogP contribution >= 0.6 is 0 Å². The average Bonchev–Trinajstić information content (AvgIpc) is 3.63. The van der Waals surface area contributed by atoms with Crippen LogP contribution in [-0.2, 0) is 10.2 Å². The lowest BCUT2D eigenvalue weighted by atomic mass is 9.86. The largest absolute Gasteiger partial charge is 0.322 e. The second-order valence-electron chi connectivity index (χ2n) is 10.0. The number of amides is 2. The first-order chi connectivity index (χ1) is 16.6. The lowest BCUT2D eigenvalue weighted by Crippen LogP contribution is -2.21. The van der Waals surface area contributed by atoms with E-state index in [1.165, 1.54) is 29.3 Å². The smallest absolute Gasteiger partial charge is 0.258 e. The van der Waals surface area contributed by atoms with Gasteiger partial charge in [-0.3, -0.25) is 9.59 Å². The fraction of sp³-hybridized carbons (Fsp3) is 0.276. The Hall–Kier alpha value is -3.80. The first-order valence-corrected chi connectivity index (χ1v) is 11.7. The number of carbonyl (C=O) groups is 2. The Bertz CT molecular complexity index is 1280. The number of hydrazone groups is 1. The summed E-state index contributed by atoms with van der Waals surface area (Å²) in [5.74, 6) is -1.07. The Balaban J connectivity index is 1.36. The van der Waals surface area contributed by atoms with Crippen LogP contribution in [0, 0.1) is 11.7 Å². The van der Waals surface area contributed by atoms with Crippen molar-refractivity contribution >= 4 is 23.2 Å². The number of carbonyl (C=O) groups excluding carboxylic acids is 2. The molecule has 2 N–H and O–H groups in total. The SMILES string of the molecule is CC(=NNC(=O)C1CC1c1ccc(C(C)(C)C)cc1)c1cccc(NC(=O)c2ccccc2F)c1.